The Kier molecular flexibility index (Phi) is 21.2. The van der Waals surface area contributed by atoms with Crippen LogP contribution in [0.4, 0.5) is 0 Å². The van der Waals surface area contributed by atoms with Gasteiger partial charge >= 0.3 is 0 Å². The molecule has 0 radical (unpaired) electrons. The van der Waals surface area contributed by atoms with E-state index in [1.54, 1.807) is 36.4 Å². The molecule has 0 aromatic heterocycles. The minimum absolute atomic E-state index is 0.0953. The Morgan fingerprint density at radius 3 is 0.926 bits per heavy atom. The third-order valence-electron chi connectivity index (χ3n) is 23.0. The normalized spacial score (nSPS) is 17.5. The molecule has 3 aliphatic rings. The topological polar surface area (TPSA) is 162 Å². The van der Waals surface area contributed by atoms with Gasteiger partial charge in [-0.25, -0.2) is 0 Å². The average molecular weight is 1270 g/mol. The van der Waals surface area contributed by atoms with Crippen molar-refractivity contribution in [3.63, 3.8) is 0 Å². The molecular formula is C86H104O8. The standard InChI is InChI=1S/C86H104O8/c1-9-52(5)68-46-60(28-34-76(68)87)82(61-29-35-77(88)69(47-61)53(6)10-2)74-42-56(26-32-80(74)91)40-64-44-66(50-72(84(64)93)58-22-16-13-17-23-58)86(38-20-15-21-39-86)67-45-65(85(94)73(51-67)59-24-18-14-19-25-59)41-57-27-33-81(92)75(43-57)83(62-30-36-78(89)70(48-62)54(7)11-3)63-31-37-79(90)71(49-63)55(8)12-4/h26-37,42-55,58-59,82-83,87-94H,9-25,38-41H2,1-8H3. The molecule has 8 nitrogen and oxygen atoms in total. The van der Waals surface area contributed by atoms with Crippen LogP contribution in [-0.4, -0.2) is 40.9 Å². The van der Waals surface area contributed by atoms with E-state index < -0.39 is 17.3 Å². The van der Waals surface area contributed by atoms with Crippen molar-refractivity contribution in [1.29, 1.82) is 0 Å². The van der Waals surface area contributed by atoms with Gasteiger partial charge in [0.1, 0.15) is 46.0 Å². The average Bonchev–Trinajstić information content (AvgIpc) is 0.798. The lowest BCUT2D eigenvalue weighted by Crippen LogP contribution is -2.31. The molecule has 11 rings (SSSR count). The Morgan fingerprint density at radius 1 is 0.330 bits per heavy atom. The number of rotatable bonds is 22. The van der Waals surface area contributed by atoms with E-state index in [2.05, 4.69) is 116 Å². The van der Waals surface area contributed by atoms with Crippen molar-refractivity contribution in [3.8, 4) is 46.0 Å². The highest BCUT2D eigenvalue weighted by Crippen LogP contribution is 2.53. The number of hydrogen-bond acceptors (Lipinski definition) is 8. The van der Waals surface area contributed by atoms with Crippen molar-refractivity contribution in [1.82, 2.24) is 0 Å². The monoisotopic (exact) mass is 1260 g/mol. The summed E-state index contributed by atoms with van der Waals surface area (Å²) in [6.45, 7) is 17.0. The van der Waals surface area contributed by atoms with Crippen LogP contribution < -0.4 is 0 Å². The molecule has 3 aliphatic carbocycles. The van der Waals surface area contributed by atoms with Crippen molar-refractivity contribution >= 4 is 0 Å². The summed E-state index contributed by atoms with van der Waals surface area (Å²) in [7, 11) is 0. The number of benzene rings is 8. The first kappa shape index (κ1) is 67.6. The highest BCUT2D eigenvalue weighted by atomic mass is 16.3. The predicted octanol–water partition coefficient (Wildman–Crippen LogP) is 22.3. The highest BCUT2D eigenvalue weighted by Gasteiger charge is 2.40. The third-order valence-corrected chi connectivity index (χ3v) is 23.0. The maximum Gasteiger partial charge on any atom is 0.122 e. The molecule has 3 saturated carbocycles. The fourth-order valence-corrected chi connectivity index (χ4v) is 16.5. The van der Waals surface area contributed by atoms with Gasteiger partial charge in [0.2, 0.25) is 0 Å². The van der Waals surface area contributed by atoms with Gasteiger partial charge in [-0.05, 0) is 225 Å². The van der Waals surface area contributed by atoms with Crippen LogP contribution in [0, 0.1) is 0 Å². The maximum atomic E-state index is 13.0. The van der Waals surface area contributed by atoms with Gasteiger partial charge in [0, 0.05) is 41.2 Å². The Labute approximate surface area is 560 Å². The van der Waals surface area contributed by atoms with Crippen LogP contribution in [0.3, 0.4) is 0 Å². The third kappa shape index (κ3) is 14.0. The van der Waals surface area contributed by atoms with Crippen molar-refractivity contribution in [2.45, 2.75) is 243 Å². The van der Waals surface area contributed by atoms with Gasteiger partial charge in [-0.3, -0.25) is 0 Å². The van der Waals surface area contributed by atoms with E-state index in [1.807, 2.05) is 36.4 Å². The van der Waals surface area contributed by atoms with Crippen LogP contribution in [0.2, 0.25) is 0 Å². The molecule has 8 N–H and O–H groups in total. The summed E-state index contributed by atoms with van der Waals surface area (Å²) in [6, 6.07) is 44.4. The molecule has 0 aliphatic heterocycles. The first-order chi connectivity index (χ1) is 45.3. The molecule has 94 heavy (non-hydrogen) atoms. The van der Waals surface area contributed by atoms with Gasteiger partial charge in [-0.15, -0.1) is 0 Å². The van der Waals surface area contributed by atoms with Crippen molar-refractivity contribution < 1.29 is 40.9 Å². The summed E-state index contributed by atoms with van der Waals surface area (Å²) < 4.78 is 0. The summed E-state index contributed by atoms with van der Waals surface area (Å²) in [5.41, 5.74) is 16.1. The molecule has 8 heteroatoms. The minimum atomic E-state index is -0.449. The van der Waals surface area contributed by atoms with Crippen LogP contribution in [-0.2, 0) is 18.3 Å². The summed E-state index contributed by atoms with van der Waals surface area (Å²) >= 11 is 0. The van der Waals surface area contributed by atoms with E-state index in [9.17, 15) is 40.9 Å². The van der Waals surface area contributed by atoms with E-state index in [-0.39, 0.29) is 70.0 Å². The molecule has 0 amide bonds. The van der Waals surface area contributed by atoms with Crippen LogP contribution in [0.25, 0.3) is 0 Å². The van der Waals surface area contributed by atoms with Gasteiger partial charge in [0.15, 0.2) is 0 Å². The Bertz CT molecular complexity index is 3580. The van der Waals surface area contributed by atoms with E-state index in [0.717, 1.165) is 187 Å². The summed E-state index contributed by atoms with van der Waals surface area (Å²) in [6.07, 6.45) is 20.1. The summed E-state index contributed by atoms with van der Waals surface area (Å²) in [5.74, 6) is 1.86. The molecule has 0 bridgehead atoms. The minimum Gasteiger partial charge on any atom is -0.508 e. The van der Waals surface area contributed by atoms with E-state index >= 15 is 0 Å². The molecule has 8 aromatic rings. The number of phenolic OH excluding ortho intramolecular Hbond substituents is 8. The smallest absolute Gasteiger partial charge is 0.122 e. The van der Waals surface area contributed by atoms with Crippen molar-refractivity contribution in [3.05, 3.63) is 234 Å². The van der Waals surface area contributed by atoms with E-state index in [0.29, 0.717) is 35.5 Å². The maximum absolute atomic E-state index is 13.0. The molecule has 4 unspecified atom stereocenters. The zero-order chi connectivity index (χ0) is 66.5. The Balaban J connectivity index is 1.05. The van der Waals surface area contributed by atoms with Crippen LogP contribution in [0.15, 0.2) is 133 Å². The molecule has 0 saturated heterocycles. The predicted molar refractivity (Wildman–Crippen MR) is 383 cm³/mol. The van der Waals surface area contributed by atoms with Crippen LogP contribution in [0.5, 0.6) is 46.0 Å². The fraction of sp³-hybridized carbons (Fsp3) is 0.442. The van der Waals surface area contributed by atoms with Gasteiger partial charge < -0.3 is 40.9 Å². The summed E-state index contributed by atoms with van der Waals surface area (Å²) in [4.78, 5) is 0. The van der Waals surface area contributed by atoms with Gasteiger partial charge in [-0.2, -0.15) is 0 Å². The lowest BCUT2D eigenvalue weighted by Gasteiger charge is -2.41. The fourth-order valence-electron chi connectivity index (χ4n) is 16.5. The second-order valence-electron chi connectivity index (χ2n) is 29.0. The van der Waals surface area contributed by atoms with Gasteiger partial charge in [-0.1, -0.05) is 210 Å². The second-order valence-corrected chi connectivity index (χ2v) is 29.0. The molecule has 0 heterocycles. The van der Waals surface area contributed by atoms with Gasteiger partial charge in [0.25, 0.3) is 0 Å². The lowest BCUT2D eigenvalue weighted by molar-refractivity contribution is 0.341. The van der Waals surface area contributed by atoms with E-state index in [4.69, 9.17) is 0 Å². The molecule has 4 atom stereocenters. The van der Waals surface area contributed by atoms with Crippen LogP contribution >= 0.6 is 0 Å². The largest absolute Gasteiger partial charge is 0.508 e. The van der Waals surface area contributed by atoms with Crippen LogP contribution in [0.1, 0.15) is 325 Å². The highest BCUT2D eigenvalue weighted by molar-refractivity contribution is 5.60. The number of aromatic hydroxyl groups is 8. The first-order valence-corrected chi connectivity index (χ1v) is 36.0. The Hall–Kier alpha value is -7.84. The second kappa shape index (κ2) is 29.4. The van der Waals surface area contributed by atoms with Gasteiger partial charge in [0.05, 0.1) is 0 Å². The molecular weight excluding hydrogens is 1160 g/mol. The van der Waals surface area contributed by atoms with Crippen molar-refractivity contribution in [2.75, 3.05) is 0 Å². The molecule has 496 valence electrons. The van der Waals surface area contributed by atoms with Crippen molar-refractivity contribution in [2.24, 2.45) is 0 Å². The zero-order valence-electron chi connectivity index (χ0n) is 57.2. The molecule has 8 aromatic carbocycles. The zero-order valence-corrected chi connectivity index (χ0v) is 57.2. The van der Waals surface area contributed by atoms with E-state index in [1.165, 1.54) is 24.0 Å². The Morgan fingerprint density at radius 2 is 0.617 bits per heavy atom. The SMILES string of the molecule is CCC(C)c1cc(C(c2ccc(O)c(C(C)CC)c2)c2cc(Cc3cc(C4(c5cc(Cc6ccc(O)c(C(c7ccc(O)c(C(C)CC)c7)c7ccc(O)c(C(C)CC)c7)c6)c(O)c(C6CCCCC6)c5)CCCCC4)cc(C4CCCCC4)c3O)ccc2O)ccc1O. The molecule has 3 fully saturated rings. The lowest BCUT2D eigenvalue weighted by atomic mass is 9.63. The number of phenols is 8. The summed E-state index contributed by atoms with van der Waals surface area (Å²) in [5, 5.41) is 95.3. The molecule has 0 spiro atoms. The quantitative estimate of drug-likeness (QED) is 0.0311. The first-order valence-electron chi connectivity index (χ1n) is 36.0. The number of hydrogen-bond donors (Lipinski definition) is 8.